The molecule has 0 unspecified atom stereocenters. The van der Waals surface area contributed by atoms with E-state index in [1.165, 1.54) is 29.5 Å². The molecule has 0 heterocycles. The summed E-state index contributed by atoms with van der Waals surface area (Å²) in [5.41, 5.74) is 3.82. The number of aryl methyl sites for hydroxylation is 1. The van der Waals surface area contributed by atoms with Gasteiger partial charge in [0.2, 0.25) is 0 Å². The second-order valence-corrected chi connectivity index (χ2v) is 4.87. The Morgan fingerprint density at radius 3 is 2.50 bits per heavy atom. The first-order valence-corrected chi connectivity index (χ1v) is 6.72. The van der Waals surface area contributed by atoms with Crippen molar-refractivity contribution in [2.45, 2.75) is 32.3 Å². The molecule has 0 bridgehead atoms. The van der Waals surface area contributed by atoms with Gasteiger partial charge in [0, 0.05) is 5.56 Å². The molecule has 0 atom stereocenters. The van der Waals surface area contributed by atoms with E-state index in [0.717, 1.165) is 12.2 Å². The molecule has 0 radical (unpaired) electrons. The Balaban J connectivity index is 2.02. The maximum absolute atomic E-state index is 6.01. The second kappa shape index (κ2) is 4.85. The minimum Gasteiger partial charge on any atom is -0.490 e. The van der Waals surface area contributed by atoms with Crippen molar-refractivity contribution in [1.29, 1.82) is 0 Å². The average Bonchev–Trinajstić information content (AvgIpc) is 3.24. The molecule has 0 N–H and O–H groups in total. The van der Waals surface area contributed by atoms with Crippen LogP contribution in [0.25, 0.3) is 11.1 Å². The molecule has 18 heavy (non-hydrogen) atoms. The van der Waals surface area contributed by atoms with Crippen molar-refractivity contribution in [2.24, 2.45) is 0 Å². The molecule has 0 saturated heterocycles. The van der Waals surface area contributed by atoms with E-state index >= 15 is 0 Å². The lowest BCUT2D eigenvalue weighted by atomic mass is 10.0. The highest BCUT2D eigenvalue weighted by atomic mass is 16.5. The van der Waals surface area contributed by atoms with Crippen LogP contribution in [0.5, 0.6) is 5.75 Å². The number of ether oxygens (including phenoxy) is 1. The van der Waals surface area contributed by atoms with Gasteiger partial charge in [-0.3, -0.25) is 0 Å². The molecule has 0 amide bonds. The predicted molar refractivity (Wildman–Crippen MR) is 74.9 cm³/mol. The number of hydrogen-bond donors (Lipinski definition) is 0. The van der Waals surface area contributed by atoms with Gasteiger partial charge in [0.1, 0.15) is 5.75 Å². The van der Waals surface area contributed by atoms with Crippen molar-refractivity contribution in [3.8, 4) is 16.9 Å². The van der Waals surface area contributed by atoms with Crippen molar-refractivity contribution in [1.82, 2.24) is 0 Å². The van der Waals surface area contributed by atoms with Crippen molar-refractivity contribution in [2.75, 3.05) is 0 Å². The Morgan fingerprint density at radius 2 is 1.83 bits per heavy atom. The van der Waals surface area contributed by atoms with Crippen LogP contribution in [-0.2, 0) is 6.42 Å². The number of benzene rings is 2. The molecule has 0 aliphatic heterocycles. The largest absolute Gasteiger partial charge is 0.490 e. The van der Waals surface area contributed by atoms with Gasteiger partial charge in [-0.2, -0.15) is 0 Å². The zero-order valence-electron chi connectivity index (χ0n) is 10.7. The van der Waals surface area contributed by atoms with Crippen LogP contribution >= 0.6 is 0 Å². The van der Waals surface area contributed by atoms with Crippen LogP contribution in [0.15, 0.2) is 48.5 Å². The molecule has 92 valence electrons. The molecule has 1 heteroatoms. The first-order chi connectivity index (χ1) is 8.86. The summed E-state index contributed by atoms with van der Waals surface area (Å²) in [6, 6.07) is 17.1. The van der Waals surface area contributed by atoms with E-state index in [1.54, 1.807) is 0 Å². The summed E-state index contributed by atoms with van der Waals surface area (Å²) in [7, 11) is 0. The molecule has 1 saturated carbocycles. The molecule has 0 aromatic heterocycles. The minimum atomic E-state index is 0.444. The number of hydrogen-bond acceptors (Lipinski definition) is 1. The van der Waals surface area contributed by atoms with E-state index < -0.39 is 0 Å². The zero-order valence-corrected chi connectivity index (χ0v) is 10.7. The fourth-order valence-electron chi connectivity index (χ4n) is 2.11. The van der Waals surface area contributed by atoms with E-state index in [-0.39, 0.29) is 0 Å². The molecule has 3 rings (SSSR count). The highest BCUT2D eigenvalue weighted by Crippen LogP contribution is 2.35. The van der Waals surface area contributed by atoms with E-state index in [4.69, 9.17) is 4.74 Å². The SMILES string of the molecule is CCc1ccc(OC2CC2)c(-c2ccccc2)c1. The first-order valence-electron chi connectivity index (χ1n) is 6.72. The van der Waals surface area contributed by atoms with Crippen LogP contribution < -0.4 is 4.74 Å². The molecule has 0 spiro atoms. The molecule has 1 fully saturated rings. The van der Waals surface area contributed by atoms with Gasteiger partial charge in [-0.05, 0) is 42.5 Å². The summed E-state index contributed by atoms with van der Waals surface area (Å²) >= 11 is 0. The minimum absolute atomic E-state index is 0.444. The Labute approximate surface area is 108 Å². The highest BCUT2D eigenvalue weighted by molar-refractivity contribution is 5.71. The standard InChI is InChI=1S/C17H18O/c1-2-13-8-11-17(18-15-9-10-15)16(12-13)14-6-4-3-5-7-14/h3-8,11-12,15H,2,9-10H2,1H3. The van der Waals surface area contributed by atoms with Gasteiger partial charge in [0.15, 0.2) is 0 Å². The Morgan fingerprint density at radius 1 is 1.06 bits per heavy atom. The van der Waals surface area contributed by atoms with Gasteiger partial charge in [-0.25, -0.2) is 0 Å². The van der Waals surface area contributed by atoms with Crippen molar-refractivity contribution in [3.05, 3.63) is 54.1 Å². The van der Waals surface area contributed by atoms with Crippen LogP contribution in [0.2, 0.25) is 0 Å². The quantitative estimate of drug-likeness (QED) is 0.764. The summed E-state index contributed by atoms with van der Waals surface area (Å²) in [4.78, 5) is 0. The third kappa shape index (κ3) is 2.40. The monoisotopic (exact) mass is 238 g/mol. The van der Waals surface area contributed by atoms with E-state index in [9.17, 15) is 0 Å². The molecule has 2 aromatic carbocycles. The molecular formula is C17H18O. The molecule has 1 nitrogen and oxygen atoms in total. The molecule has 1 aliphatic carbocycles. The maximum atomic E-state index is 6.01. The summed E-state index contributed by atoms with van der Waals surface area (Å²) < 4.78 is 6.01. The summed E-state index contributed by atoms with van der Waals surface area (Å²) in [5, 5.41) is 0. The first kappa shape index (κ1) is 11.3. The van der Waals surface area contributed by atoms with Crippen LogP contribution in [0.3, 0.4) is 0 Å². The highest BCUT2D eigenvalue weighted by Gasteiger charge is 2.24. The van der Waals surface area contributed by atoms with Crippen LogP contribution in [-0.4, -0.2) is 6.10 Å². The normalized spacial score (nSPS) is 14.5. The van der Waals surface area contributed by atoms with Gasteiger partial charge >= 0.3 is 0 Å². The fourth-order valence-corrected chi connectivity index (χ4v) is 2.11. The smallest absolute Gasteiger partial charge is 0.127 e. The Hall–Kier alpha value is -1.76. The maximum Gasteiger partial charge on any atom is 0.127 e. The summed E-state index contributed by atoms with van der Waals surface area (Å²) in [6.07, 6.45) is 3.90. The van der Waals surface area contributed by atoms with Gasteiger partial charge in [-0.1, -0.05) is 43.3 Å². The van der Waals surface area contributed by atoms with Gasteiger partial charge < -0.3 is 4.74 Å². The number of rotatable bonds is 4. The van der Waals surface area contributed by atoms with Crippen molar-refractivity contribution >= 4 is 0 Å². The average molecular weight is 238 g/mol. The third-order valence-electron chi connectivity index (χ3n) is 3.36. The summed E-state index contributed by atoms with van der Waals surface area (Å²) in [5.74, 6) is 1.03. The Kier molecular flexibility index (Phi) is 3.06. The lowest BCUT2D eigenvalue weighted by Crippen LogP contribution is -1.98. The van der Waals surface area contributed by atoms with Gasteiger partial charge in [-0.15, -0.1) is 0 Å². The fraction of sp³-hybridized carbons (Fsp3) is 0.294. The van der Waals surface area contributed by atoms with Gasteiger partial charge in [0.25, 0.3) is 0 Å². The molecular weight excluding hydrogens is 220 g/mol. The second-order valence-electron chi connectivity index (χ2n) is 4.87. The van der Waals surface area contributed by atoms with Crippen molar-refractivity contribution in [3.63, 3.8) is 0 Å². The molecule has 1 aliphatic rings. The van der Waals surface area contributed by atoms with E-state index in [2.05, 4.69) is 55.5 Å². The topological polar surface area (TPSA) is 9.23 Å². The lowest BCUT2D eigenvalue weighted by Gasteiger charge is -2.12. The lowest BCUT2D eigenvalue weighted by molar-refractivity contribution is 0.304. The van der Waals surface area contributed by atoms with E-state index in [0.29, 0.717) is 6.10 Å². The van der Waals surface area contributed by atoms with E-state index in [1.807, 2.05) is 0 Å². The predicted octanol–water partition coefficient (Wildman–Crippen LogP) is 4.46. The molecule has 2 aromatic rings. The van der Waals surface area contributed by atoms with Crippen LogP contribution in [0.4, 0.5) is 0 Å². The van der Waals surface area contributed by atoms with Crippen LogP contribution in [0.1, 0.15) is 25.3 Å². The van der Waals surface area contributed by atoms with Crippen LogP contribution in [0, 0.1) is 0 Å². The summed E-state index contributed by atoms with van der Waals surface area (Å²) in [6.45, 7) is 2.19. The van der Waals surface area contributed by atoms with Gasteiger partial charge in [0.05, 0.1) is 6.10 Å². The van der Waals surface area contributed by atoms with Crippen molar-refractivity contribution < 1.29 is 4.74 Å². The third-order valence-corrected chi connectivity index (χ3v) is 3.36. The zero-order chi connectivity index (χ0) is 12.4. The Bertz CT molecular complexity index is 527.